The summed E-state index contributed by atoms with van der Waals surface area (Å²) in [5.41, 5.74) is -0.875. The fraction of sp³-hybridized carbons (Fsp3) is 0.308. The highest BCUT2D eigenvalue weighted by Gasteiger charge is 2.41. The maximum absolute atomic E-state index is 13.5. The highest BCUT2D eigenvalue weighted by Crippen LogP contribution is 2.37. The van der Waals surface area contributed by atoms with Gasteiger partial charge in [0.05, 0.1) is 16.6 Å². The minimum absolute atomic E-state index is 0.0108. The van der Waals surface area contributed by atoms with Crippen LogP contribution in [-0.4, -0.2) is 11.6 Å². The van der Waals surface area contributed by atoms with Crippen molar-refractivity contribution in [3.63, 3.8) is 0 Å². The maximum atomic E-state index is 13.5. The molecule has 20 heavy (non-hydrogen) atoms. The first-order valence-corrected chi connectivity index (χ1v) is 6.57. The number of hydrogen-bond acceptors (Lipinski definition) is 3. The van der Waals surface area contributed by atoms with E-state index in [1.54, 1.807) is 0 Å². The molecule has 1 heterocycles. The van der Waals surface area contributed by atoms with Gasteiger partial charge in [0.25, 0.3) is 0 Å². The van der Waals surface area contributed by atoms with E-state index in [1.807, 2.05) is 0 Å². The predicted molar refractivity (Wildman–Crippen MR) is 73.0 cm³/mol. The molecule has 0 spiro atoms. The van der Waals surface area contributed by atoms with Crippen molar-refractivity contribution < 1.29 is 13.6 Å². The summed E-state index contributed by atoms with van der Waals surface area (Å²) in [7, 11) is 0. The number of halogens is 3. The number of nitrogens with one attached hydrogen (secondary N) is 1. The van der Waals surface area contributed by atoms with E-state index in [1.165, 1.54) is 0 Å². The molecular formula is C13H10BrF2N3O. The Morgan fingerprint density at radius 2 is 2.10 bits per heavy atom. The lowest BCUT2D eigenvalue weighted by Crippen LogP contribution is -2.22. The zero-order chi connectivity index (χ0) is 14.8. The normalized spacial score (nSPS) is 14.7. The van der Waals surface area contributed by atoms with Gasteiger partial charge in [0.15, 0.2) is 0 Å². The van der Waals surface area contributed by atoms with Crippen LogP contribution < -0.4 is 5.32 Å². The molecule has 4 nitrogen and oxygen atoms in total. The van der Waals surface area contributed by atoms with Gasteiger partial charge in [-0.05, 0) is 22.0 Å². The van der Waals surface area contributed by atoms with Crippen LogP contribution in [0.1, 0.15) is 19.3 Å². The number of carbonyl (C=O) groups excluding carboxylic acids is 1. The van der Waals surface area contributed by atoms with E-state index in [2.05, 4.69) is 37.4 Å². The van der Waals surface area contributed by atoms with Gasteiger partial charge in [0, 0.05) is 18.9 Å². The first-order valence-electron chi connectivity index (χ1n) is 5.78. The van der Waals surface area contributed by atoms with Crippen LogP contribution in [0, 0.1) is 24.0 Å². The highest BCUT2D eigenvalue weighted by molar-refractivity contribution is 9.10. The monoisotopic (exact) mass is 341 g/mol. The van der Waals surface area contributed by atoms with Gasteiger partial charge in [-0.15, -0.1) is 12.3 Å². The Morgan fingerprint density at radius 3 is 2.70 bits per heavy atom. The molecule has 2 rings (SSSR count). The summed E-state index contributed by atoms with van der Waals surface area (Å²) in [6.45, 7) is 0. The number of anilines is 1. The van der Waals surface area contributed by atoms with Crippen molar-refractivity contribution in [2.75, 3.05) is 5.32 Å². The lowest BCUT2D eigenvalue weighted by atomic mass is 10.0. The zero-order valence-corrected chi connectivity index (χ0v) is 11.9. The number of carbonyl (C=O) groups is 1. The largest absolute Gasteiger partial charge is 0.323 e. The Morgan fingerprint density at radius 1 is 1.40 bits per heavy atom. The number of nitrogens with zero attached hydrogens (tertiary/aromatic N) is 2. The Bertz CT molecular complexity index is 619. The molecule has 0 fully saturated rings. The second-order valence-electron chi connectivity index (χ2n) is 4.36. The smallest absolute Gasteiger partial charge is 0.229 e. The van der Waals surface area contributed by atoms with E-state index >= 15 is 0 Å². The fourth-order valence-electron chi connectivity index (χ4n) is 1.67. The quantitative estimate of drug-likeness (QED) is 0.645. The van der Waals surface area contributed by atoms with Crippen LogP contribution in [0.3, 0.4) is 0 Å². The Kier molecular flexibility index (Phi) is 4.14. The van der Waals surface area contributed by atoms with Crippen LogP contribution in [0.5, 0.6) is 0 Å². The zero-order valence-electron chi connectivity index (χ0n) is 10.3. The van der Waals surface area contributed by atoms with Gasteiger partial charge in [0.1, 0.15) is 11.6 Å². The van der Waals surface area contributed by atoms with Crippen LogP contribution >= 0.6 is 15.9 Å². The average molecular weight is 342 g/mol. The van der Waals surface area contributed by atoms with Gasteiger partial charge in [-0.2, -0.15) is 10.2 Å². The van der Waals surface area contributed by atoms with Gasteiger partial charge in [-0.25, -0.2) is 8.78 Å². The van der Waals surface area contributed by atoms with E-state index in [4.69, 9.17) is 6.42 Å². The van der Waals surface area contributed by atoms with Crippen LogP contribution in [0.4, 0.5) is 14.5 Å². The number of rotatable bonds is 5. The van der Waals surface area contributed by atoms with Crippen molar-refractivity contribution >= 4 is 27.5 Å². The SMILES string of the molecule is C#CCCC1(CC(=O)Nc2cc(Br)c(F)cc2F)N=N1. The first kappa shape index (κ1) is 14.6. The molecule has 1 N–H and O–H groups in total. The molecule has 0 unspecified atom stereocenters. The molecule has 0 saturated carbocycles. The van der Waals surface area contributed by atoms with Gasteiger partial charge >= 0.3 is 0 Å². The molecule has 1 aliphatic rings. The molecule has 1 aromatic rings. The molecule has 0 bridgehead atoms. The number of hydrogen-bond donors (Lipinski definition) is 1. The summed E-state index contributed by atoms with van der Waals surface area (Å²) in [5.74, 6) is 0.412. The van der Waals surface area contributed by atoms with Gasteiger partial charge in [-0.1, -0.05) is 0 Å². The van der Waals surface area contributed by atoms with Crippen LogP contribution in [-0.2, 0) is 4.79 Å². The number of terminal acetylenes is 1. The third-order valence-electron chi connectivity index (χ3n) is 2.78. The predicted octanol–water partition coefficient (Wildman–Crippen LogP) is 3.63. The lowest BCUT2D eigenvalue weighted by molar-refractivity contribution is -0.116. The highest BCUT2D eigenvalue weighted by atomic mass is 79.9. The lowest BCUT2D eigenvalue weighted by Gasteiger charge is -2.10. The molecule has 0 saturated heterocycles. The standard InChI is InChI=1S/C13H10BrF2N3O/c1-2-3-4-13(18-19-13)7-12(20)17-11-5-8(14)9(15)6-10(11)16/h1,5-6H,3-4,7H2,(H,17,20). The van der Waals surface area contributed by atoms with E-state index in [0.29, 0.717) is 18.9 Å². The Labute approximate surface area is 122 Å². The third kappa shape index (κ3) is 3.39. The number of benzene rings is 1. The van der Waals surface area contributed by atoms with Crippen LogP contribution in [0.15, 0.2) is 26.8 Å². The molecule has 0 aliphatic carbocycles. The van der Waals surface area contributed by atoms with Crippen LogP contribution in [0.2, 0.25) is 0 Å². The van der Waals surface area contributed by atoms with Crippen molar-refractivity contribution in [3.05, 3.63) is 28.2 Å². The van der Waals surface area contributed by atoms with Crippen molar-refractivity contribution in [2.24, 2.45) is 10.2 Å². The summed E-state index contributed by atoms with van der Waals surface area (Å²) >= 11 is 2.93. The fourth-order valence-corrected chi connectivity index (χ4v) is 2.02. The molecule has 7 heteroatoms. The summed E-state index contributed by atoms with van der Waals surface area (Å²) in [4.78, 5) is 11.8. The Balaban J connectivity index is 1.99. The van der Waals surface area contributed by atoms with Crippen molar-refractivity contribution in [1.29, 1.82) is 0 Å². The Hall–Kier alpha value is -1.81. The van der Waals surface area contributed by atoms with Crippen molar-refractivity contribution in [2.45, 2.75) is 24.9 Å². The van der Waals surface area contributed by atoms with E-state index < -0.39 is 23.2 Å². The summed E-state index contributed by atoms with van der Waals surface area (Å²) in [5, 5.41) is 9.99. The topological polar surface area (TPSA) is 53.8 Å². The summed E-state index contributed by atoms with van der Waals surface area (Å²) in [6, 6.07) is 1.86. The van der Waals surface area contributed by atoms with E-state index in [-0.39, 0.29) is 16.6 Å². The second-order valence-corrected chi connectivity index (χ2v) is 5.21. The minimum atomic E-state index is -0.846. The minimum Gasteiger partial charge on any atom is -0.323 e. The van der Waals surface area contributed by atoms with E-state index in [0.717, 1.165) is 6.07 Å². The van der Waals surface area contributed by atoms with Gasteiger partial charge < -0.3 is 5.32 Å². The van der Waals surface area contributed by atoms with Crippen molar-refractivity contribution in [1.82, 2.24) is 0 Å². The molecule has 1 amide bonds. The summed E-state index contributed by atoms with van der Waals surface area (Å²) < 4.78 is 26.6. The van der Waals surface area contributed by atoms with Crippen molar-refractivity contribution in [3.8, 4) is 12.3 Å². The third-order valence-corrected chi connectivity index (χ3v) is 3.39. The summed E-state index contributed by atoms with van der Waals surface area (Å²) in [6.07, 6.45) is 6.07. The molecule has 1 aromatic carbocycles. The molecule has 0 aromatic heterocycles. The molecular weight excluding hydrogens is 332 g/mol. The molecule has 104 valence electrons. The first-order chi connectivity index (χ1) is 9.46. The molecule has 1 aliphatic heterocycles. The molecule has 0 atom stereocenters. The average Bonchev–Trinajstić information content (AvgIpc) is 3.13. The number of amides is 1. The maximum Gasteiger partial charge on any atom is 0.229 e. The van der Waals surface area contributed by atoms with Crippen LogP contribution in [0.25, 0.3) is 0 Å². The molecule has 0 radical (unpaired) electrons. The van der Waals surface area contributed by atoms with Gasteiger partial charge in [-0.3, -0.25) is 4.79 Å². The van der Waals surface area contributed by atoms with Gasteiger partial charge in [0.2, 0.25) is 11.6 Å². The van der Waals surface area contributed by atoms with E-state index in [9.17, 15) is 13.6 Å². The second kappa shape index (κ2) is 5.67.